The quantitative estimate of drug-likeness (QED) is 0.443. The highest BCUT2D eigenvalue weighted by atomic mass is 35.5. The molecule has 0 fully saturated rings. The van der Waals surface area contributed by atoms with Crippen LogP contribution in [0.4, 0.5) is 5.00 Å². The van der Waals surface area contributed by atoms with E-state index in [0.29, 0.717) is 10.6 Å². The lowest BCUT2D eigenvalue weighted by atomic mass is 10.3. The van der Waals surface area contributed by atoms with Gasteiger partial charge in [0.15, 0.2) is 0 Å². The molecule has 1 aromatic heterocycles. The largest absolute Gasteiger partial charge is 0.391 e. The lowest BCUT2D eigenvalue weighted by Gasteiger charge is -1.86. The first-order chi connectivity index (χ1) is 4.20. The number of thiophene rings is 1. The van der Waals surface area contributed by atoms with Gasteiger partial charge < -0.3 is 11.5 Å². The Morgan fingerprint density at radius 1 is 1.60 bits per heavy atom. The monoisotopic (exact) mass is 177 g/mol. The summed E-state index contributed by atoms with van der Waals surface area (Å²) in [6, 6.07) is 1.69. The third-order valence-corrected chi connectivity index (χ3v) is 1.69. The van der Waals surface area contributed by atoms with Crippen LogP contribution in [0.3, 0.4) is 0 Å². The molecule has 0 aliphatic heterocycles. The second-order valence-corrected chi connectivity index (χ2v) is 2.59. The van der Waals surface area contributed by atoms with Gasteiger partial charge in [0.25, 0.3) is 0 Å². The summed E-state index contributed by atoms with van der Waals surface area (Å²) in [5.74, 6) is 0.0722. The smallest absolute Gasteiger partial charge is 0.123 e. The van der Waals surface area contributed by atoms with Crippen LogP contribution in [-0.2, 0) is 0 Å². The van der Waals surface area contributed by atoms with E-state index in [1.165, 1.54) is 11.3 Å². The van der Waals surface area contributed by atoms with Crippen molar-refractivity contribution in [2.75, 3.05) is 5.73 Å². The van der Waals surface area contributed by atoms with Gasteiger partial charge in [-0.3, -0.25) is 5.41 Å². The summed E-state index contributed by atoms with van der Waals surface area (Å²) >= 11 is 1.39. The van der Waals surface area contributed by atoms with Gasteiger partial charge in [-0.25, -0.2) is 0 Å². The van der Waals surface area contributed by atoms with Gasteiger partial charge in [-0.15, -0.1) is 23.7 Å². The maximum absolute atomic E-state index is 6.98. The Morgan fingerprint density at radius 3 is 2.40 bits per heavy atom. The fraction of sp³-hybridized carbons (Fsp3) is 0. The molecular formula is C5H8ClN3S. The minimum atomic E-state index is 0. The molecule has 0 amide bonds. The van der Waals surface area contributed by atoms with Crippen LogP contribution in [0.25, 0.3) is 0 Å². The molecule has 0 aromatic carbocycles. The number of rotatable bonds is 1. The van der Waals surface area contributed by atoms with E-state index in [9.17, 15) is 0 Å². The summed E-state index contributed by atoms with van der Waals surface area (Å²) in [7, 11) is 0. The van der Waals surface area contributed by atoms with E-state index >= 15 is 0 Å². The Bertz CT molecular complexity index is 233. The highest BCUT2D eigenvalue weighted by Gasteiger charge is 1.96. The van der Waals surface area contributed by atoms with Crippen molar-refractivity contribution in [2.45, 2.75) is 0 Å². The first-order valence-corrected chi connectivity index (χ1v) is 3.26. The number of anilines is 1. The van der Waals surface area contributed by atoms with E-state index in [1.54, 1.807) is 11.4 Å². The minimum Gasteiger partial charge on any atom is -0.391 e. The molecule has 10 heavy (non-hydrogen) atoms. The average molecular weight is 178 g/mol. The Labute approximate surface area is 69.0 Å². The second kappa shape index (κ2) is 3.43. The van der Waals surface area contributed by atoms with Crippen molar-refractivity contribution in [2.24, 2.45) is 5.73 Å². The van der Waals surface area contributed by atoms with Crippen LogP contribution in [0.1, 0.15) is 5.56 Å². The summed E-state index contributed by atoms with van der Waals surface area (Å²) in [6.07, 6.45) is 0. The Balaban J connectivity index is 0.000000810. The number of hydrogen-bond donors (Lipinski definition) is 3. The molecule has 0 atom stereocenters. The van der Waals surface area contributed by atoms with Gasteiger partial charge in [0.1, 0.15) is 5.84 Å². The summed E-state index contributed by atoms with van der Waals surface area (Å²) in [6.45, 7) is 0. The Morgan fingerprint density at radius 2 is 2.20 bits per heavy atom. The van der Waals surface area contributed by atoms with Crippen molar-refractivity contribution in [1.82, 2.24) is 0 Å². The van der Waals surface area contributed by atoms with Crippen molar-refractivity contribution in [3.63, 3.8) is 0 Å². The molecule has 1 aromatic rings. The van der Waals surface area contributed by atoms with Crippen molar-refractivity contribution in [3.8, 4) is 0 Å². The van der Waals surface area contributed by atoms with Crippen LogP contribution in [0, 0.1) is 5.41 Å². The van der Waals surface area contributed by atoms with Crippen molar-refractivity contribution in [1.29, 1.82) is 5.41 Å². The van der Waals surface area contributed by atoms with Gasteiger partial charge in [-0.2, -0.15) is 0 Å². The van der Waals surface area contributed by atoms with E-state index in [-0.39, 0.29) is 18.2 Å². The highest BCUT2D eigenvalue weighted by molar-refractivity contribution is 7.14. The van der Waals surface area contributed by atoms with E-state index < -0.39 is 0 Å². The number of amidine groups is 1. The van der Waals surface area contributed by atoms with Gasteiger partial charge in [-0.1, -0.05) is 0 Å². The second-order valence-electron chi connectivity index (χ2n) is 1.65. The predicted octanol–water partition coefficient (Wildman–Crippen LogP) is 1.04. The number of hydrogen-bond acceptors (Lipinski definition) is 3. The van der Waals surface area contributed by atoms with Gasteiger partial charge in [0.05, 0.1) is 5.00 Å². The van der Waals surface area contributed by atoms with E-state index in [0.717, 1.165) is 0 Å². The number of nitrogens with one attached hydrogen (secondary N) is 1. The first kappa shape index (κ1) is 9.26. The van der Waals surface area contributed by atoms with Gasteiger partial charge in [0.2, 0.25) is 0 Å². The molecule has 56 valence electrons. The SMILES string of the molecule is Cl.N=C(N)c1csc(N)c1. The van der Waals surface area contributed by atoms with E-state index in [2.05, 4.69) is 0 Å². The zero-order valence-electron chi connectivity index (χ0n) is 5.13. The maximum Gasteiger partial charge on any atom is 0.123 e. The fourth-order valence-corrected chi connectivity index (χ4v) is 1.15. The lowest BCUT2D eigenvalue weighted by molar-refractivity contribution is 1.44. The number of nitrogen functional groups attached to an aromatic ring is 2. The standard InChI is InChI=1S/C5H7N3S.ClH/c6-4-1-3(2-9-4)5(7)8;/h1-2H,6H2,(H3,7,8);1H. The topological polar surface area (TPSA) is 75.9 Å². The van der Waals surface area contributed by atoms with Crippen molar-refractivity contribution in [3.05, 3.63) is 17.0 Å². The molecule has 0 bridgehead atoms. The van der Waals surface area contributed by atoms with Crippen molar-refractivity contribution < 1.29 is 0 Å². The van der Waals surface area contributed by atoms with E-state index in [4.69, 9.17) is 16.9 Å². The zero-order chi connectivity index (χ0) is 6.85. The highest BCUT2D eigenvalue weighted by Crippen LogP contribution is 2.14. The van der Waals surface area contributed by atoms with Crippen LogP contribution in [0.5, 0.6) is 0 Å². The number of halogens is 1. The van der Waals surface area contributed by atoms with Crippen LogP contribution in [0.15, 0.2) is 11.4 Å². The molecule has 0 saturated heterocycles. The van der Waals surface area contributed by atoms with Crippen molar-refractivity contribution >= 4 is 34.6 Å². The molecule has 1 rings (SSSR count). The molecule has 0 spiro atoms. The predicted molar refractivity (Wildman–Crippen MR) is 47.0 cm³/mol. The van der Waals surface area contributed by atoms with Gasteiger partial charge in [-0.05, 0) is 6.07 Å². The van der Waals surface area contributed by atoms with Crippen LogP contribution >= 0.6 is 23.7 Å². The summed E-state index contributed by atoms with van der Waals surface area (Å²) in [5.41, 5.74) is 11.3. The molecule has 1 heterocycles. The Hall–Kier alpha value is -0.740. The average Bonchev–Trinajstić information content (AvgIpc) is 2.14. The minimum absolute atomic E-state index is 0. The molecule has 0 saturated carbocycles. The molecule has 5 N–H and O–H groups in total. The molecular weight excluding hydrogens is 170 g/mol. The third kappa shape index (κ3) is 1.89. The molecule has 0 radical (unpaired) electrons. The lowest BCUT2D eigenvalue weighted by Crippen LogP contribution is -2.09. The molecule has 0 unspecified atom stereocenters. The summed E-state index contributed by atoms with van der Waals surface area (Å²) < 4.78 is 0. The molecule has 3 nitrogen and oxygen atoms in total. The van der Waals surface area contributed by atoms with Crippen LogP contribution in [0.2, 0.25) is 0 Å². The molecule has 5 heteroatoms. The fourth-order valence-electron chi connectivity index (χ4n) is 0.494. The summed E-state index contributed by atoms with van der Waals surface area (Å²) in [4.78, 5) is 0. The number of nitrogens with two attached hydrogens (primary N) is 2. The van der Waals surface area contributed by atoms with Crippen LogP contribution < -0.4 is 11.5 Å². The van der Waals surface area contributed by atoms with Gasteiger partial charge in [0, 0.05) is 10.9 Å². The summed E-state index contributed by atoms with van der Waals surface area (Å²) in [5, 5.41) is 9.43. The maximum atomic E-state index is 6.98. The van der Waals surface area contributed by atoms with Gasteiger partial charge >= 0.3 is 0 Å². The normalized spacial score (nSPS) is 8.40. The molecule has 0 aliphatic rings. The van der Waals surface area contributed by atoms with Crippen LogP contribution in [-0.4, -0.2) is 5.84 Å². The molecule has 0 aliphatic carbocycles. The Kier molecular flexibility index (Phi) is 3.18. The first-order valence-electron chi connectivity index (χ1n) is 2.38. The zero-order valence-corrected chi connectivity index (χ0v) is 6.76. The van der Waals surface area contributed by atoms with E-state index in [1.807, 2.05) is 0 Å². The third-order valence-electron chi connectivity index (χ3n) is 0.931.